The fourth-order valence-electron chi connectivity index (χ4n) is 5.84. The Morgan fingerprint density at radius 1 is 1.00 bits per heavy atom. The molecule has 4 N–H and O–H groups in total. The lowest BCUT2D eigenvalue weighted by molar-refractivity contribution is -0.150. The molecule has 0 radical (unpaired) electrons. The van der Waals surface area contributed by atoms with Crippen LogP contribution in [0.4, 0.5) is 0 Å². The van der Waals surface area contributed by atoms with E-state index in [0.29, 0.717) is 41.7 Å². The van der Waals surface area contributed by atoms with Gasteiger partial charge in [-0.15, -0.1) is 0 Å². The average molecular weight is 745 g/mol. The fourth-order valence-corrected chi connectivity index (χ4v) is 5.84. The number of phenolic OH excluding ortho intramolecular Hbond substituents is 1. The Bertz CT molecular complexity index is 2100. The number of carbonyl (C=O) groups excluding carboxylic acids is 3. The van der Waals surface area contributed by atoms with E-state index < -0.39 is 6.17 Å². The Hall–Kier alpha value is -6.48. The third kappa shape index (κ3) is 11.0. The number of benzene rings is 3. The molecule has 3 aromatic carbocycles. The van der Waals surface area contributed by atoms with Crippen LogP contribution < -0.4 is 15.9 Å². The van der Waals surface area contributed by atoms with Crippen molar-refractivity contribution < 1.29 is 28.8 Å². The molecule has 1 aliphatic heterocycles. The highest BCUT2D eigenvalue weighted by atomic mass is 16.5. The summed E-state index contributed by atoms with van der Waals surface area (Å²) in [5.74, 6) is 1.06. The van der Waals surface area contributed by atoms with Crippen LogP contribution in [0.1, 0.15) is 22.5 Å². The molecule has 1 saturated heterocycles. The van der Waals surface area contributed by atoms with Crippen molar-refractivity contribution in [3.05, 3.63) is 138 Å². The van der Waals surface area contributed by atoms with Crippen molar-refractivity contribution in [3.8, 4) is 22.9 Å². The number of aromatic hydroxyl groups is 1. The van der Waals surface area contributed by atoms with Crippen LogP contribution in [0, 0.1) is 6.92 Å². The number of aromatic nitrogens is 3. The molecule has 3 aromatic heterocycles. The molecule has 14 nitrogen and oxygen atoms in total. The van der Waals surface area contributed by atoms with Crippen molar-refractivity contribution in [2.24, 2.45) is 5.73 Å². The second kappa shape index (κ2) is 19.6. The van der Waals surface area contributed by atoms with Crippen molar-refractivity contribution in [2.75, 3.05) is 26.7 Å². The second-order valence-electron chi connectivity index (χ2n) is 12.6. The molecule has 14 heteroatoms. The smallest absolute Gasteiger partial charge is 0.242 e. The summed E-state index contributed by atoms with van der Waals surface area (Å²) in [4.78, 5) is 46.8. The predicted octanol–water partition coefficient (Wildman–Crippen LogP) is 4.47. The lowest BCUT2D eigenvalue weighted by atomic mass is 10.1. The molecular formula is C41H44N8O6. The number of carbonyl (C=O) groups is 3. The van der Waals surface area contributed by atoms with Crippen LogP contribution in [0.3, 0.4) is 0 Å². The number of ether oxygens (including phenoxy) is 1. The maximum Gasteiger partial charge on any atom is 0.242 e. The number of piperazine rings is 1. The van der Waals surface area contributed by atoms with Crippen molar-refractivity contribution in [3.63, 3.8) is 0 Å². The predicted molar refractivity (Wildman–Crippen MR) is 207 cm³/mol. The summed E-state index contributed by atoms with van der Waals surface area (Å²) in [6.07, 6.45) is 2.70. The van der Waals surface area contributed by atoms with Gasteiger partial charge in [0, 0.05) is 30.7 Å². The van der Waals surface area contributed by atoms with Crippen LogP contribution >= 0.6 is 0 Å². The van der Waals surface area contributed by atoms with Gasteiger partial charge >= 0.3 is 0 Å². The number of pyridine rings is 2. The highest BCUT2D eigenvalue weighted by Gasteiger charge is 2.34. The quantitative estimate of drug-likeness (QED) is 0.159. The third-order valence-corrected chi connectivity index (χ3v) is 8.73. The molecule has 6 aromatic rings. The van der Waals surface area contributed by atoms with Gasteiger partial charge in [-0.2, -0.15) is 0 Å². The number of hydrogen-bond donors (Lipinski definition) is 3. The lowest BCUT2D eigenvalue weighted by Crippen LogP contribution is -2.62. The van der Waals surface area contributed by atoms with E-state index in [-0.39, 0.29) is 38.0 Å². The number of hydrazine groups is 1. The molecule has 55 heavy (non-hydrogen) atoms. The summed E-state index contributed by atoms with van der Waals surface area (Å²) in [6.45, 7) is 5.16. The highest BCUT2D eigenvalue weighted by molar-refractivity contribution is 5.88. The minimum absolute atomic E-state index is 0.0420. The van der Waals surface area contributed by atoms with Crippen LogP contribution in [0.25, 0.3) is 22.3 Å². The van der Waals surface area contributed by atoms with Crippen LogP contribution in [-0.2, 0) is 34.0 Å². The van der Waals surface area contributed by atoms with Crippen LogP contribution in [0.2, 0.25) is 0 Å². The summed E-state index contributed by atoms with van der Waals surface area (Å²) in [5, 5.41) is 15.6. The number of nitrogens with one attached hydrogen (secondary N) is 1. The molecule has 0 bridgehead atoms. The van der Waals surface area contributed by atoms with Crippen LogP contribution in [-0.4, -0.2) is 86.6 Å². The zero-order chi connectivity index (χ0) is 39.2. The standard InChI is InChI=1S/C33H34N8O4.C7H8O.CH2O/c1-44-25-12-13-29(36-17-25)30-15-26(45-38-30)19-40(37-16-23-7-3-2-4-8-23)21-33(43)41-22-32(42)39(20-31(41)34)18-24-9-5-11-28-27(24)10-6-14-35-28;1-6-2-4-7(8)5-3-6;1-2/h2-15,17,31,37H,16,18-22,34H2,1H3;2-5,8H,1H3;1H2. The summed E-state index contributed by atoms with van der Waals surface area (Å²) < 4.78 is 10.8. The van der Waals surface area contributed by atoms with E-state index in [0.717, 1.165) is 22.0 Å². The van der Waals surface area contributed by atoms with Gasteiger partial charge in [0.2, 0.25) is 11.8 Å². The zero-order valence-corrected chi connectivity index (χ0v) is 30.7. The Morgan fingerprint density at radius 3 is 2.49 bits per heavy atom. The molecule has 1 aliphatic rings. The van der Waals surface area contributed by atoms with Gasteiger partial charge in [-0.1, -0.05) is 71.4 Å². The normalized spacial score (nSPS) is 13.8. The molecule has 7 rings (SSSR count). The summed E-state index contributed by atoms with van der Waals surface area (Å²) in [7, 11) is 1.58. The Balaban J connectivity index is 0.000000510. The molecule has 0 aliphatic carbocycles. The Labute approximate surface area is 319 Å². The number of fused-ring (bicyclic) bond motifs is 1. The van der Waals surface area contributed by atoms with Crippen molar-refractivity contribution in [1.29, 1.82) is 0 Å². The van der Waals surface area contributed by atoms with Gasteiger partial charge in [-0.3, -0.25) is 19.6 Å². The number of nitrogens with zero attached hydrogens (tertiary/aromatic N) is 6. The van der Waals surface area contributed by atoms with Crippen LogP contribution in [0.5, 0.6) is 11.5 Å². The van der Waals surface area contributed by atoms with E-state index in [1.807, 2.05) is 86.5 Å². The van der Waals surface area contributed by atoms with Crippen molar-refractivity contribution in [2.45, 2.75) is 32.7 Å². The minimum atomic E-state index is -0.655. The second-order valence-corrected chi connectivity index (χ2v) is 12.6. The van der Waals surface area contributed by atoms with Gasteiger partial charge in [-0.25, -0.2) is 10.4 Å². The van der Waals surface area contributed by atoms with Crippen molar-refractivity contribution >= 4 is 29.5 Å². The maximum absolute atomic E-state index is 13.6. The average Bonchev–Trinajstić information content (AvgIpc) is 3.69. The van der Waals surface area contributed by atoms with Crippen LogP contribution in [0.15, 0.2) is 120 Å². The van der Waals surface area contributed by atoms with E-state index in [9.17, 15) is 9.59 Å². The zero-order valence-electron chi connectivity index (χ0n) is 30.7. The molecule has 0 spiro atoms. The van der Waals surface area contributed by atoms with Gasteiger partial charge in [0.15, 0.2) is 5.76 Å². The first-order valence-electron chi connectivity index (χ1n) is 17.4. The first-order valence-corrected chi connectivity index (χ1v) is 17.4. The lowest BCUT2D eigenvalue weighted by Gasteiger charge is -2.40. The molecule has 4 heterocycles. The van der Waals surface area contributed by atoms with E-state index in [4.69, 9.17) is 24.9 Å². The first-order chi connectivity index (χ1) is 26.7. The van der Waals surface area contributed by atoms with E-state index in [1.165, 1.54) is 10.5 Å². The highest BCUT2D eigenvalue weighted by Crippen LogP contribution is 2.22. The van der Waals surface area contributed by atoms with E-state index in [1.54, 1.807) is 59.7 Å². The minimum Gasteiger partial charge on any atom is -0.508 e. The number of rotatable bonds is 11. The van der Waals surface area contributed by atoms with E-state index >= 15 is 0 Å². The van der Waals surface area contributed by atoms with Gasteiger partial charge in [0.05, 0.1) is 50.3 Å². The SMILES string of the molecule is C=O.COc1ccc(-c2cc(CN(CC(=O)N3CC(=O)N(Cc4cccc5ncccc45)CC3N)NCc3ccccc3)on2)nc1.Cc1ccc(O)cc1. The third-order valence-electron chi connectivity index (χ3n) is 8.73. The molecule has 0 saturated carbocycles. The van der Waals surface area contributed by atoms with Crippen molar-refractivity contribution in [1.82, 2.24) is 35.4 Å². The number of methoxy groups -OCH3 is 1. The molecule has 1 atom stereocenters. The van der Waals surface area contributed by atoms with Gasteiger partial charge < -0.3 is 34.7 Å². The molecule has 284 valence electrons. The topological polar surface area (TPSA) is 180 Å². The largest absolute Gasteiger partial charge is 0.508 e. The monoisotopic (exact) mass is 744 g/mol. The van der Waals surface area contributed by atoms with Gasteiger partial charge in [0.1, 0.15) is 30.5 Å². The van der Waals surface area contributed by atoms with Gasteiger partial charge in [0.25, 0.3) is 0 Å². The summed E-state index contributed by atoms with van der Waals surface area (Å²) in [5.41, 5.74) is 15.1. The Morgan fingerprint density at radius 2 is 1.78 bits per heavy atom. The molecule has 2 amide bonds. The maximum atomic E-state index is 13.6. The number of phenols is 1. The first kappa shape index (κ1) is 39.7. The number of amides is 2. The summed E-state index contributed by atoms with van der Waals surface area (Å²) >= 11 is 0. The van der Waals surface area contributed by atoms with E-state index in [2.05, 4.69) is 20.6 Å². The number of aryl methyl sites for hydroxylation is 1. The number of nitrogens with two attached hydrogens (primary N) is 1. The Kier molecular flexibility index (Phi) is 14.1. The molecule has 1 fully saturated rings. The molecular weight excluding hydrogens is 701 g/mol. The number of hydrogen-bond acceptors (Lipinski definition) is 12. The summed E-state index contributed by atoms with van der Waals surface area (Å²) in [6, 6.07) is 32.0. The molecule has 1 unspecified atom stereocenters. The fraction of sp³-hybridized carbons (Fsp3) is 0.220. The van der Waals surface area contributed by atoms with Gasteiger partial charge in [-0.05, 0) is 54.4 Å².